The van der Waals surface area contributed by atoms with Gasteiger partial charge in [0.25, 0.3) is 0 Å². The molecule has 0 bridgehead atoms. The highest BCUT2D eigenvalue weighted by molar-refractivity contribution is 7.88. The number of piperazine rings is 1. The number of carbonyl (C=O) groups excluding carboxylic acids is 2. The lowest BCUT2D eigenvalue weighted by molar-refractivity contribution is -0.0174. The van der Waals surface area contributed by atoms with Gasteiger partial charge in [-0.3, -0.25) is 0 Å². The van der Waals surface area contributed by atoms with E-state index in [4.69, 9.17) is 9.47 Å². The largest absolute Gasteiger partial charge is 0.444 e. The SMILES string of the molecule is CC(C)N(C[C@H]1CN(C(=O)OC(C)(C)C)CCN1C(=O)OC(C)(C)C)S(C)(=O)=O. The summed E-state index contributed by atoms with van der Waals surface area (Å²) in [6.07, 6.45) is 0.129. The Morgan fingerprint density at radius 1 is 1.00 bits per heavy atom. The van der Waals surface area contributed by atoms with Crippen LogP contribution >= 0.6 is 0 Å². The zero-order chi connectivity index (χ0) is 22.8. The van der Waals surface area contributed by atoms with Crippen molar-refractivity contribution in [3.8, 4) is 0 Å². The first kappa shape index (κ1) is 25.5. The Bertz CT molecular complexity index is 694. The topological polar surface area (TPSA) is 96.5 Å². The van der Waals surface area contributed by atoms with Crippen LogP contribution in [0.25, 0.3) is 0 Å². The van der Waals surface area contributed by atoms with Gasteiger partial charge in [-0.2, -0.15) is 4.31 Å². The summed E-state index contributed by atoms with van der Waals surface area (Å²) in [4.78, 5) is 28.3. The molecule has 2 amide bonds. The second-order valence-corrected chi connectivity index (χ2v) is 11.6. The molecule has 1 aliphatic heterocycles. The van der Waals surface area contributed by atoms with Crippen LogP contribution < -0.4 is 0 Å². The van der Waals surface area contributed by atoms with Gasteiger partial charge >= 0.3 is 12.2 Å². The molecule has 0 aromatic heterocycles. The molecule has 29 heavy (non-hydrogen) atoms. The number of hydrogen-bond donors (Lipinski definition) is 0. The van der Waals surface area contributed by atoms with Crippen LogP contribution in [0.3, 0.4) is 0 Å². The predicted molar refractivity (Wildman–Crippen MR) is 111 cm³/mol. The molecule has 0 aromatic rings. The van der Waals surface area contributed by atoms with E-state index >= 15 is 0 Å². The van der Waals surface area contributed by atoms with Gasteiger partial charge in [-0.1, -0.05) is 0 Å². The van der Waals surface area contributed by atoms with E-state index in [0.29, 0.717) is 0 Å². The monoisotopic (exact) mass is 435 g/mol. The summed E-state index contributed by atoms with van der Waals surface area (Å²) in [6, 6.07) is -0.842. The molecular weight excluding hydrogens is 398 g/mol. The van der Waals surface area contributed by atoms with Crippen LogP contribution in [0.5, 0.6) is 0 Å². The summed E-state index contributed by atoms with van der Waals surface area (Å²) in [7, 11) is -3.49. The van der Waals surface area contributed by atoms with Gasteiger partial charge in [-0.05, 0) is 55.4 Å². The van der Waals surface area contributed by atoms with Crippen LogP contribution in [0.4, 0.5) is 9.59 Å². The van der Waals surface area contributed by atoms with Crippen LogP contribution in [0.2, 0.25) is 0 Å². The molecule has 0 saturated carbocycles. The van der Waals surface area contributed by atoms with Crippen LogP contribution in [0.15, 0.2) is 0 Å². The summed E-state index contributed by atoms with van der Waals surface area (Å²) < 4.78 is 36.7. The predicted octanol–water partition coefficient (Wildman–Crippen LogP) is 2.51. The van der Waals surface area contributed by atoms with Crippen molar-refractivity contribution in [2.24, 2.45) is 0 Å². The molecule has 1 rings (SSSR count). The fourth-order valence-electron chi connectivity index (χ4n) is 3.00. The fraction of sp³-hybridized carbons (Fsp3) is 0.895. The molecule has 0 N–H and O–H groups in total. The molecule has 0 unspecified atom stereocenters. The van der Waals surface area contributed by atoms with Crippen molar-refractivity contribution in [2.75, 3.05) is 32.4 Å². The number of sulfonamides is 1. The van der Waals surface area contributed by atoms with Gasteiger partial charge < -0.3 is 19.3 Å². The molecule has 1 heterocycles. The van der Waals surface area contributed by atoms with Crippen molar-refractivity contribution >= 4 is 22.2 Å². The molecule has 170 valence electrons. The summed E-state index contributed by atoms with van der Waals surface area (Å²) >= 11 is 0. The number of hydrogen-bond acceptors (Lipinski definition) is 6. The summed E-state index contributed by atoms with van der Waals surface area (Å²) in [6.45, 7) is 14.9. The highest BCUT2D eigenvalue weighted by Crippen LogP contribution is 2.20. The highest BCUT2D eigenvalue weighted by atomic mass is 32.2. The number of amides is 2. The molecule has 0 aromatic carbocycles. The van der Waals surface area contributed by atoms with E-state index in [1.54, 1.807) is 55.4 Å². The average molecular weight is 436 g/mol. The minimum absolute atomic E-state index is 0.0645. The number of nitrogens with zero attached hydrogens (tertiary/aromatic N) is 3. The Morgan fingerprint density at radius 2 is 1.48 bits per heavy atom. The molecule has 0 spiro atoms. The molecule has 9 nitrogen and oxygen atoms in total. The van der Waals surface area contributed by atoms with Crippen LogP contribution in [0, 0.1) is 0 Å². The third kappa shape index (κ3) is 8.38. The lowest BCUT2D eigenvalue weighted by Crippen LogP contribution is -2.61. The first-order valence-electron chi connectivity index (χ1n) is 9.85. The lowest BCUT2D eigenvalue weighted by Gasteiger charge is -2.43. The lowest BCUT2D eigenvalue weighted by atomic mass is 10.1. The minimum atomic E-state index is -3.49. The van der Waals surface area contributed by atoms with E-state index in [2.05, 4.69) is 0 Å². The second kappa shape index (κ2) is 9.07. The number of carbonyl (C=O) groups is 2. The molecule has 0 aliphatic carbocycles. The molecular formula is C19H37N3O6S. The molecule has 1 aliphatic rings. The zero-order valence-corrected chi connectivity index (χ0v) is 20.0. The van der Waals surface area contributed by atoms with Gasteiger partial charge in [-0.25, -0.2) is 18.0 Å². The molecule has 0 radical (unpaired) electrons. The normalized spacial score (nSPS) is 18.9. The van der Waals surface area contributed by atoms with Crippen molar-refractivity contribution in [2.45, 2.75) is 78.7 Å². The summed E-state index contributed by atoms with van der Waals surface area (Å²) in [5.41, 5.74) is -1.33. The number of rotatable bonds is 4. The van der Waals surface area contributed by atoms with Crippen LogP contribution in [-0.2, 0) is 19.5 Å². The van der Waals surface area contributed by atoms with Gasteiger partial charge in [0.1, 0.15) is 11.2 Å². The Labute approximate surface area is 175 Å². The maximum absolute atomic E-state index is 12.7. The van der Waals surface area contributed by atoms with E-state index in [-0.39, 0.29) is 32.2 Å². The van der Waals surface area contributed by atoms with Gasteiger partial charge in [0.15, 0.2) is 0 Å². The van der Waals surface area contributed by atoms with Crippen molar-refractivity contribution in [3.05, 3.63) is 0 Å². The third-order valence-electron chi connectivity index (χ3n) is 4.16. The third-order valence-corrected chi connectivity index (χ3v) is 5.58. The quantitative estimate of drug-likeness (QED) is 0.673. The van der Waals surface area contributed by atoms with E-state index in [9.17, 15) is 18.0 Å². The Morgan fingerprint density at radius 3 is 1.90 bits per heavy atom. The molecule has 1 saturated heterocycles. The molecule has 1 atom stereocenters. The Hall–Kier alpha value is -1.55. The smallest absolute Gasteiger partial charge is 0.410 e. The van der Waals surface area contributed by atoms with E-state index in [1.807, 2.05) is 0 Å². The van der Waals surface area contributed by atoms with Crippen molar-refractivity contribution < 1.29 is 27.5 Å². The number of ether oxygens (including phenoxy) is 2. The zero-order valence-electron chi connectivity index (χ0n) is 19.2. The maximum Gasteiger partial charge on any atom is 0.410 e. The van der Waals surface area contributed by atoms with Crippen molar-refractivity contribution in [1.82, 2.24) is 14.1 Å². The van der Waals surface area contributed by atoms with Gasteiger partial charge in [0.05, 0.1) is 12.3 Å². The maximum atomic E-state index is 12.7. The summed E-state index contributed by atoms with van der Waals surface area (Å²) in [5, 5.41) is 0. The van der Waals surface area contributed by atoms with Crippen LogP contribution in [-0.4, -0.2) is 90.4 Å². The molecule has 1 fully saturated rings. The van der Waals surface area contributed by atoms with Gasteiger partial charge in [0.2, 0.25) is 10.0 Å². The van der Waals surface area contributed by atoms with Crippen molar-refractivity contribution in [1.29, 1.82) is 0 Å². The minimum Gasteiger partial charge on any atom is -0.444 e. The first-order chi connectivity index (χ1) is 12.9. The average Bonchev–Trinajstić information content (AvgIpc) is 2.47. The Kier molecular flexibility index (Phi) is 7.98. The van der Waals surface area contributed by atoms with Crippen molar-refractivity contribution in [3.63, 3.8) is 0 Å². The Balaban J connectivity index is 3.11. The second-order valence-electron chi connectivity index (χ2n) is 9.68. The van der Waals surface area contributed by atoms with Gasteiger partial charge in [-0.15, -0.1) is 0 Å². The highest BCUT2D eigenvalue weighted by Gasteiger charge is 2.38. The fourth-order valence-corrected chi connectivity index (χ4v) is 4.21. The molecule has 10 heteroatoms. The summed E-state index contributed by atoms with van der Waals surface area (Å²) in [5.74, 6) is 0. The first-order valence-corrected chi connectivity index (χ1v) is 11.7. The van der Waals surface area contributed by atoms with E-state index < -0.39 is 39.5 Å². The van der Waals surface area contributed by atoms with Crippen LogP contribution in [0.1, 0.15) is 55.4 Å². The van der Waals surface area contributed by atoms with E-state index in [1.165, 1.54) is 14.1 Å². The van der Waals surface area contributed by atoms with Gasteiger partial charge in [0, 0.05) is 32.2 Å². The standard InChI is InChI=1S/C19H37N3O6S/c1-14(2)22(29(9,25)26)13-15-12-20(16(23)27-18(3,4)5)10-11-21(15)17(24)28-19(6,7)8/h14-15H,10-13H2,1-9H3/t15-/m1/s1. The van der Waals surface area contributed by atoms with E-state index in [0.717, 1.165) is 6.26 Å².